The minimum Gasteiger partial charge on any atom is -0.495 e. The first-order valence-electron chi connectivity index (χ1n) is 4.33. The molecule has 0 bridgehead atoms. The number of rotatable bonds is 3. The summed E-state index contributed by atoms with van der Waals surface area (Å²) in [5, 5.41) is 2.12. The summed E-state index contributed by atoms with van der Waals surface area (Å²) in [6.07, 6.45) is 0. The van der Waals surface area contributed by atoms with Crippen LogP contribution in [0.15, 0.2) is 22.7 Å². The van der Waals surface area contributed by atoms with E-state index in [1.165, 1.54) is 0 Å². The molecule has 82 valence electrons. The van der Waals surface area contributed by atoms with Crippen LogP contribution >= 0.6 is 27.5 Å². The highest BCUT2D eigenvalue weighted by Crippen LogP contribution is 2.27. The van der Waals surface area contributed by atoms with Gasteiger partial charge in [0.1, 0.15) is 11.1 Å². The first-order chi connectivity index (χ1) is 7.04. The van der Waals surface area contributed by atoms with Gasteiger partial charge >= 0.3 is 0 Å². The first-order valence-corrected chi connectivity index (χ1v) is 5.56. The van der Waals surface area contributed by atoms with Crippen molar-refractivity contribution in [3.8, 4) is 5.75 Å². The average Bonchev–Trinajstić information content (AvgIpc) is 2.20. The topological polar surface area (TPSA) is 38.3 Å². The highest BCUT2D eigenvalue weighted by atomic mass is 79.9. The van der Waals surface area contributed by atoms with Crippen LogP contribution in [0.4, 0.5) is 5.69 Å². The molecule has 0 saturated heterocycles. The molecule has 1 N–H and O–H groups in total. The monoisotopic (exact) mass is 291 g/mol. The van der Waals surface area contributed by atoms with E-state index in [1.54, 1.807) is 32.2 Å². The van der Waals surface area contributed by atoms with Crippen molar-refractivity contribution >= 4 is 39.1 Å². The van der Waals surface area contributed by atoms with Crippen molar-refractivity contribution in [3.63, 3.8) is 0 Å². The van der Waals surface area contributed by atoms with Crippen molar-refractivity contribution in [2.75, 3.05) is 12.4 Å². The van der Waals surface area contributed by atoms with Gasteiger partial charge in [-0.25, -0.2) is 0 Å². The maximum atomic E-state index is 11.3. The Bertz CT molecular complexity index is 368. The number of halogens is 2. The second-order valence-corrected chi connectivity index (χ2v) is 4.46. The molecule has 0 spiro atoms. The Morgan fingerprint density at radius 1 is 1.60 bits per heavy atom. The van der Waals surface area contributed by atoms with Crippen LogP contribution in [-0.4, -0.2) is 18.4 Å². The molecule has 0 aromatic heterocycles. The third-order valence-electron chi connectivity index (χ3n) is 1.78. The lowest BCUT2D eigenvalue weighted by atomic mass is 10.3. The van der Waals surface area contributed by atoms with Gasteiger partial charge in [-0.3, -0.25) is 4.79 Å². The molecule has 0 saturated carbocycles. The van der Waals surface area contributed by atoms with E-state index in [0.29, 0.717) is 11.4 Å². The Morgan fingerprint density at radius 3 is 2.80 bits per heavy atom. The number of anilines is 1. The van der Waals surface area contributed by atoms with E-state index in [9.17, 15) is 4.79 Å². The number of hydrogen-bond acceptors (Lipinski definition) is 2. The lowest BCUT2D eigenvalue weighted by molar-refractivity contribution is -0.115. The SMILES string of the molecule is COc1cc(NC(=O)C(C)Cl)ccc1Br. The fourth-order valence-corrected chi connectivity index (χ4v) is 1.44. The van der Waals surface area contributed by atoms with Gasteiger partial charge in [0, 0.05) is 11.8 Å². The van der Waals surface area contributed by atoms with Gasteiger partial charge in [0.2, 0.25) is 5.91 Å². The van der Waals surface area contributed by atoms with E-state index in [4.69, 9.17) is 16.3 Å². The molecular weight excluding hydrogens is 281 g/mol. The van der Waals surface area contributed by atoms with E-state index in [0.717, 1.165) is 4.47 Å². The number of alkyl halides is 1. The van der Waals surface area contributed by atoms with E-state index in [-0.39, 0.29) is 5.91 Å². The molecule has 3 nitrogen and oxygen atoms in total. The second kappa shape index (κ2) is 5.37. The van der Waals surface area contributed by atoms with Crippen LogP contribution in [0.25, 0.3) is 0 Å². The fourth-order valence-electron chi connectivity index (χ4n) is 0.979. The number of ether oxygens (including phenoxy) is 1. The fraction of sp³-hybridized carbons (Fsp3) is 0.300. The van der Waals surface area contributed by atoms with E-state index >= 15 is 0 Å². The zero-order chi connectivity index (χ0) is 11.4. The van der Waals surface area contributed by atoms with Crippen LogP contribution in [0.5, 0.6) is 5.75 Å². The maximum absolute atomic E-state index is 11.3. The molecular formula is C10H11BrClNO2. The lowest BCUT2D eigenvalue weighted by Crippen LogP contribution is -2.20. The molecule has 0 aliphatic heterocycles. The van der Waals surface area contributed by atoms with Crippen LogP contribution in [-0.2, 0) is 4.79 Å². The zero-order valence-electron chi connectivity index (χ0n) is 8.38. The summed E-state index contributed by atoms with van der Waals surface area (Å²) in [6, 6.07) is 5.29. The standard InChI is InChI=1S/C10H11BrClNO2/c1-6(12)10(14)13-7-3-4-8(11)9(5-7)15-2/h3-6H,1-2H3,(H,13,14). The largest absolute Gasteiger partial charge is 0.495 e. The molecule has 1 rings (SSSR count). The van der Waals surface area contributed by atoms with Crippen LogP contribution in [0.1, 0.15) is 6.92 Å². The summed E-state index contributed by atoms with van der Waals surface area (Å²) in [5.41, 5.74) is 0.660. The van der Waals surface area contributed by atoms with Crippen LogP contribution < -0.4 is 10.1 Å². The Kier molecular flexibility index (Phi) is 4.42. The normalized spacial score (nSPS) is 12.0. The van der Waals surface area contributed by atoms with Gasteiger partial charge in [-0.2, -0.15) is 0 Å². The minimum atomic E-state index is -0.556. The molecule has 0 aliphatic rings. The van der Waals surface area contributed by atoms with E-state index in [1.807, 2.05) is 0 Å². The van der Waals surface area contributed by atoms with Gasteiger partial charge in [-0.15, -0.1) is 11.6 Å². The van der Waals surface area contributed by atoms with Crippen molar-refractivity contribution in [3.05, 3.63) is 22.7 Å². The van der Waals surface area contributed by atoms with Crippen LogP contribution in [0.3, 0.4) is 0 Å². The Morgan fingerprint density at radius 2 is 2.27 bits per heavy atom. The summed E-state index contributed by atoms with van der Waals surface area (Å²) < 4.78 is 5.93. The molecule has 0 heterocycles. The van der Waals surface area contributed by atoms with Crippen LogP contribution in [0.2, 0.25) is 0 Å². The first kappa shape index (κ1) is 12.3. The van der Waals surface area contributed by atoms with Gasteiger partial charge in [0.05, 0.1) is 11.6 Å². The highest BCUT2D eigenvalue weighted by molar-refractivity contribution is 9.10. The van der Waals surface area contributed by atoms with Crippen molar-refractivity contribution in [1.29, 1.82) is 0 Å². The summed E-state index contributed by atoms with van der Waals surface area (Å²) >= 11 is 8.95. The van der Waals surface area contributed by atoms with Gasteiger partial charge in [-0.1, -0.05) is 0 Å². The molecule has 1 aromatic carbocycles. The summed E-state index contributed by atoms with van der Waals surface area (Å²) in [7, 11) is 1.57. The molecule has 5 heteroatoms. The lowest BCUT2D eigenvalue weighted by Gasteiger charge is -2.09. The van der Waals surface area contributed by atoms with Gasteiger partial charge in [0.15, 0.2) is 0 Å². The Balaban J connectivity index is 2.83. The molecule has 1 aromatic rings. The van der Waals surface area contributed by atoms with Crippen molar-refractivity contribution in [2.24, 2.45) is 0 Å². The molecule has 0 fully saturated rings. The summed E-state index contributed by atoms with van der Waals surface area (Å²) in [6.45, 7) is 1.62. The van der Waals surface area contributed by atoms with Gasteiger partial charge in [-0.05, 0) is 35.0 Å². The molecule has 0 radical (unpaired) electrons. The smallest absolute Gasteiger partial charge is 0.242 e. The van der Waals surface area contributed by atoms with Gasteiger partial charge < -0.3 is 10.1 Å². The van der Waals surface area contributed by atoms with Crippen LogP contribution in [0, 0.1) is 0 Å². The predicted molar refractivity (Wildman–Crippen MR) is 64.6 cm³/mol. The highest BCUT2D eigenvalue weighted by Gasteiger charge is 2.10. The third kappa shape index (κ3) is 3.39. The molecule has 1 amide bonds. The third-order valence-corrected chi connectivity index (χ3v) is 2.63. The number of hydrogen-bond donors (Lipinski definition) is 1. The number of nitrogens with one attached hydrogen (secondary N) is 1. The van der Waals surface area contributed by atoms with Gasteiger partial charge in [0.25, 0.3) is 0 Å². The van der Waals surface area contributed by atoms with Crippen molar-refractivity contribution < 1.29 is 9.53 Å². The predicted octanol–water partition coefficient (Wildman–Crippen LogP) is 3.02. The number of carbonyl (C=O) groups is 1. The molecule has 0 aliphatic carbocycles. The number of amides is 1. The quantitative estimate of drug-likeness (QED) is 0.870. The van der Waals surface area contributed by atoms with E-state index < -0.39 is 5.38 Å². The summed E-state index contributed by atoms with van der Waals surface area (Å²) in [4.78, 5) is 11.3. The Labute approximate surface area is 102 Å². The molecule has 15 heavy (non-hydrogen) atoms. The second-order valence-electron chi connectivity index (χ2n) is 2.95. The molecule has 1 atom stereocenters. The average molecular weight is 293 g/mol. The maximum Gasteiger partial charge on any atom is 0.242 e. The molecule has 1 unspecified atom stereocenters. The summed E-state index contributed by atoms with van der Waals surface area (Å²) in [5.74, 6) is 0.427. The number of carbonyl (C=O) groups excluding carboxylic acids is 1. The zero-order valence-corrected chi connectivity index (χ0v) is 10.7. The van der Waals surface area contributed by atoms with E-state index in [2.05, 4.69) is 21.2 Å². The Hall–Kier alpha value is -0.740. The van der Waals surface area contributed by atoms with Crippen molar-refractivity contribution in [2.45, 2.75) is 12.3 Å². The number of methoxy groups -OCH3 is 1. The minimum absolute atomic E-state index is 0.235. The number of benzene rings is 1. The van der Waals surface area contributed by atoms with Crippen molar-refractivity contribution in [1.82, 2.24) is 0 Å².